The lowest BCUT2D eigenvalue weighted by Crippen LogP contribution is -2.04. The fourth-order valence-corrected chi connectivity index (χ4v) is 2.27. The number of hydrogen-bond donors (Lipinski definition) is 2. The Morgan fingerprint density at radius 1 is 1.26 bits per heavy atom. The Hall–Kier alpha value is -3.22. The lowest BCUT2D eigenvalue weighted by Gasteiger charge is -2.10. The van der Waals surface area contributed by atoms with E-state index in [2.05, 4.69) is 20.4 Å². The summed E-state index contributed by atoms with van der Waals surface area (Å²) in [4.78, 5) is 20.1. The van der Waals surface area contributed by atoms with Crippen LogP contribution < -0.4 is 5.32 Å². The van der Waals surface area contributed by atoms with Crippen molar-refractivity contribution in [2.45, 2.75) is 6.92 Å². The molecular formula is C16H15N5O2. The molecule has 2 heterocycles. The monoisotopic (exact) mass is 309 g/mol. The minimum Gasteiger partial charge on any atom is -0.478 e. The molecule has 116 valence electrons. The van der Waals surface area contributed by atoms with E-state index in [9.17, 15) is 9.90 Å². The smallest absolute Gasteiger partial charge is 0.336 e. The molecule has 0 aliphatic heterocycles. The quantitative estimate of drug-likeness (QED) is 0.769. The minimum absolute atomic E-state index is 0.210. The molecule has 1 aromatic carbocycles. The van der Waals surface area contributed by atoms with E-state index < -0.39 is 5.97 Å². The summed E-state index contributed by atoms with van der Waals surface area (Å²) in [6.45, 7) is 1.85. The van der Waals surface area contributed by atoms with Gasteiger partial charge in [0.25, 0.3) is 0 Å². The van der Waals surface area contributed by atoms with Crippen LogP contribution in [-0.2, 0) is 7.05 Å². The first-order valence-corrected chi connectivity index (χ1v) is 6.96. The first-order valence-electron chi connectivity index (χ1n) is 6.96. The summed E-state index contributed by atoms with van der Waals surface area (Å²) < 4.78 is 1.66. The van der Waals surface area contributed by atoms with E-state index in [-0.39, 0.29) is 5.56 Å². The first-order chi connectivity index (χ1) is 11.0. The summed E-state index contributed by atoms with van der Waals surface area (Å²) in [6, 6.07) is 6.79. The SMILES string of the molecule is Cc1cnc(Nc2cnn(C)c2)nc1-c1ccccc1C(=O)O. The number of hydrogen-bond acceptors (Lipinski definition) is 5. The van der Waals surface area contributed by atoms with Crippen LogP contribution >= 0.6 is 0 Å². The Morgan fingerprint density at radius 3 is 2.74 bits per heavy atom. The van der Waals surface area contributed by atoms with Crippen molar-refractivity contribution in [3.63, 3.8) is 0 Å². The zero-order valence-electron chi connectivity index (χ0n) is 12.7. The van der Waals surface area contributed by atoms with Gasteiger partial charge >= 0.3 is 5.97 Å². The van der Waals surface area contributed by atoms with Gasteiger partial charge < -0.3 is 10.4 Å². The number of benzene rings is 1. The van der Waals surface area contributed by atoms with Crippen LogP contribution in [0.1, 0.15) is 15.9 Å². The number of carboxylic acid groups (broad SMARTS) is 1. The van der Waals surface area contributed by atoms with Crippen LogP contribution in [0, 0.1) is 6.92 Å². The molecule has 23 heavy (non-hydrogen) atoms. The van der Waals surface area contributed by atoms with E-state index in [0.29, 0.717) is 17.2 Å². The van der Waals surface area contributed by atoms with E-state index in [4.69, 9.17) is 0 Å². The molecule has 0 bridgehead atoms. The standard InChI is InChI=1S/C16H15N5O2/c1-10-7-17-16(19-11-8-18-21(2)9-11)20-14(10)12-5-3-4-6-13(12)15(22)23/h3-9H,1-2H3,(H,22,23)(H,17,19,20). The van der Waals surface area contributed by atoms with Crippen molar-refractivity contribution in [1.82, 2.24) is 19.7 Å². The van der Waals surface area contributed by atoms with Crippen molar-refractivity contribution in [2.24, 2.45) is 7.05 Å². The molecule has 0 unspecified atom stereocenters. The van der Waals surface area contributed by atoms with E-state index in [0.717, 1.165) is 11.3 Å². The number of nitrogens with one attached hydrogen (secondary N) is 1. The maximum absolute atomic E-state index is 11.4. The van der Waals surface area contributed by atoms with Gasteiger partial charge in [-0.25, -0.2) is 14.8 Å². The van der Waals surface area contributed by atoms with Crippen molar-refractivity contribution in [2.75, 3.05) is 5.32 Å². The van der Waals surface area contributed by atoms with Crippen molar-refractivity contribution in [3.05, 3.63) is 54.0 Å². The van der Waals surface area contributed by atoms with Gasteiger partial charge in [0.1, 0.15) is 0 Å². The number of carbonyl (C=O) groups is 1. The maximum atomic E-state index is 11.4. The number of rotatable bonds is 4. The molecule has 7 heteroatoms. The highest BCUT2D eigenvalue weighted by Gasteiger charge is 2.15. The molecule has 0 atom stereocenters. The van der Waals surface area contributed by atoms with E-state index in [1.165, 1.54) is 0 Å². The Bertz CT molecular complexity index is 872. The van der Waals surface area contributed by atoms with Crippen molar-refractivity contribution >= 4 is 17.6 Å². The second-order valence-corrected chi connectivity index (χ2v) is 5.10. The minimum atomic E-state index is -0.986. The maximum Gasteiger partial charge on any atom is 0.336 e. The number of nitrogens with zero attached hydrogens (tertiary/aromatic N) is 4. The molecule has 0 aliphatic rings. The van der Waals surface area contributed by atoms with Crippen LogP contribution in [0.3, 0.4) is 0 Å². The Morgan fingerprint density at radius 2 is 2.04 bits per heavy atom. The Labute approximate surface area is 132 Å². The predicted molar refractivity (Wildman–Crippen MR) is 85.7 cm³/mol. The van der Waals surface area contributed by atoms with Gasteiger partial charge in [0.2, 0.25) is 5.95 Å². The van der Waals surface area contributed by atoms with Gasteiger partial charge in [-0.3, -0.25) is 4.68 Å². The number of carboxylic acids is 1. The zero-order valence-corrected chi connectivity index (χ0v) is 12.7. The van der Waals surface area contributed by atoms with Gasteiger partial charge in [0, 0.05) is 25.0 Å². The molecule has 0 radical (unpaired) electrons. The van der Waals surface area contributed by atoms with Crippen molar-refractivity contribution < 1.29 is 9.90 Å². The predicted octanol–water partition coefficient (Wildman–Crippen LogP) is 2.63. The summed E-state index contributed by atoms with van der Waals surface area (Å²) in [5.41, 5.74) is 2.92. The van der Waals surface area contributed by atoms with Crippen LogP contribution in [0.5, 0.6) is 0 Å². The summed E-state index contributed by atoms with van der Waals surface area (Å²) in [5.74, 6) is -0.598. The van der Waals surface area contributed by atoms with E-state index >= 15 is 0 Å². The van der Waals surface area contributed by atoms with E-state index in [1.54, 1.807) is 47.5 Å². The highest BCUT2D eigenvalue weighted by molar-refractivity contribution is 5.95. The highest BCUT2D eigenvalue weighted by Crippen LogP contribution is 2.26. The van der Waals surface area contributed by atoms with Crippen LogP contribution in [0.2, 0.25) is 0 Å². The molecule has 2 aromatic heterocycles. The molecule has 3 aromatic rings. The van der Waals surface area contributed by atoms with Gasteiger partial charge in [0.15, 0.2) is 0 Å². The molecule has 0 saturated carbocycles. The summed E-state index contributed by atoms with van der Waals surface area (Å²) >= 11 is 0. The zero-order chi connectivity index (χ0) is 16.4. The molecule has 0 fully saturated rings. The number of aromatic carboxylic acids is 1. The lowest BCUT2D eigenvalue weighted by atomic mass is 10.0. The first kappa shape index (κ1) is 14.7. The molecule has 7 nitrogen and oxygen atoms in total. The van der Waals surface area contributed by atoms with Crippen LogP contribution in [0.25, 0.3) is 11.3 Å². The molecule has 2 N–H and O–H groups in total. The Balaban J connectivity index is 2.03. The molecule has 0 spiro atoms. The van der Waals surface area contributed by atoms with Gasteiger partial charge in [-0.05, 0) is 18.6 Å². The van der Waals surface area contributed by atoms with Gasteiger partial charge in [-0.15, -0.1) is 0 Å². The fourth-order valence-electron chi connectivity index (χ4n) is 2.27. The van der Waals surface area contributed by atoms with E-state index in [1.807, 2.05) is 14.0 Å². The molecule has 0 amide bonds. The molecule has 0 aliphatic carbocycles. The van der Waals surface area contributed by atoms with Crippen LogP contribution in [-0.4, -0.2) is 30.8 Å². The number of aryl methyl sites for hydroxylation is 2. The van der Waals surface area contributed by atoms with Crippen LogP contribution in [0.15, 0.2) is 42.9 Å². The largest absolute Gasteiger partial charge is 0.478 e. The average Bonchev–Trinajstić information content (AvgIpc) is 2.94. The lowest BCUT2D eigenvalue weighted by molar-refractivity contribution is 0.0697. The fraction of sp³-hybridized carbons (Fsp3) is 0.125. The summed E-state index contributed by atoms with van der Waals surface area (Å²) in [6.07, 6.45) is 5.13. The second-order valence-electron chi connectivity index (χ2n) is 5.10. The van der Waals surface area contributed by atoms with Crippen molar-refractivity contribution in [1.29, 1.82) is 0 Å². The summed E-state index contributed by atoms with van der Waals surface area (Å²) in [7, 11) is 1.82. The van der Waals surface area contributed by atoms with Crippen molar-refractivity contribution in [3.8, 4) is 11.3 Å². The topological polar surface area (TPSA) is 92.9 Å². The third-order valence-electron chi connectivity index (χ3n) is 3.35. The third kappa shape index (κ3) is 3.03. The van der Waals surface area contributed by atoms with Gasteiger partial charge in [-0.2, -0.15) is 5.10 Å². The third-order valence-corrected chi connectivity index (χ3v) is 3.35. The molecular weight excluding hydrogens is 294 g/mol. The van der Waals surface area contributed by atoms with Crippen LogP contribution in [0.4, 0.5) is 11.6 Å². The van der Waals surface area contributed by atoms with Gasteiger partial charge in [0.05, 0.1) is 23.1 Å². The average molecular weight is 309 g/mol. The number of anilines is 2. The highest BCUT2D eigenvalue weighted by atomic mass is 16.4. The second kappa shape index (κ2) is 5.88. The normalized spacial score (nSPS) is 10.5. The molecule has 3 rings (SSSR count). The number of aromatic nitrogens is 4. The molecule has 0 saturated heterocycles. The van der Waals surface area contributed by atoms with Gasteiger partial charge in [-0.1, -0.05) is 18.2 Å². The Kier molecular flexibility index (Phi) is 3.76. The summed E-state index contributed by atoms with van der Waals surface area (Å²) in [5, 5.41) is 16.5.